The molecule has 0 amide bonds. The number of nitriles is 1. The van der Waals surface area contributed by atoms with Gasteiger partial charge in [-0.15, -0.1) is 6.58 Å². The quantitative estimate of drug-likeness (QED) is 0.166. The second kappa shape index (κ2) is 13.6. The van der Waals surface area contributed by atoms with E-state index in [-0.39, 0.29) is 0 Å². The Morgan fingerprint density at radius 3 is 2.06 bits per heavy atom. The monoisotopic (exact) mass is 464 g/mol. The van der Waals surface area contributed by atoms with Crippen LogP contribution in [0.1, 0.15) is 30.4 Å². The highest BCUT2D eigenvalue weighted by atomic mass is 16.5. The fourth-order valence-corrected chi connectivity index (χ4v) is 3.42. The number of hydrogen-bond acceptors (Lipinski definition) is 7. The number of ether oxygens (including phenoxy) is 5. The summed E-state index contributed by atoms with van der Waals surface area (Å²) in [4.78, 5) is 4.60. The summed E-state index contributed by atoms with van der Waals surface area (Å²) in [7, 11) is 7.83. The van der Waals surface area contributed by atoms with Gasteiger partial charge in [-0.05, 0) is 60.7 Å². The van der Waals surface area contributed by atoms with Crippen LogP contribution in [0, 0.1) is 11.3 Å². The first-order chi connectivity index (χ1) is 16.6. The van der Waals surface area contributed by atoms with Crippen LogP contribution in [0.5, 0.6) is 28.7 Å². The van der Waals surface area contributed by atoms with Gasteiger partial charge in [-0.2, -0.15) is 5.26 Å². The number of benzene rings is 2. The summed E-state index contributed by atoms with van der Waals surface area (Å²) in [5, 5.41) is 9.99. The van der Waals surface area contributed by atoms with Crippen molar-refractivity contribution in [3.63, 3.8) is 0 Å². The molecular weight excluding hydrogens is 432 g/mol. The molecular formula is C27H32N2O5. The van der Waals surface area contributed by atoms with Gasteiger partial charge in [-0.25, -0.2) is 0 Å². The molecule has 0 bridgehead atoms. The normalized spacial score (nSPS) is 11.4. The van der Waals surface area contributed by atoms with Crippen molar-refractivity contribution >= 4 is 17.4 Å². The van der Waals surface area contributed by atoms with Crippen LogP contribution in [0.25, 0.3) is 11.6 Å². The smallest absolute Gasteiger partial charge is 0.203 e. The van der Waals surface area contributed by atoms with Crippen LogP contribution in [0.15, 0.2) is 48.0 Å². The van der Waals surface area contributed by atoms with Crippen LogP contribution in [0.4, 0.5) is 0 Å². The number of methoxy groups -OCH3 is 5. The molecule has 0 unspecified atom stereocenters. The standard InChI is InChI=1S/C27H32N2O5/c1-7-8-9-10-13-29-22(18-28)21(20-11-12-23(30-2)24(17-20)31-3)14-19-15-25(32-4)27(34-6)26(16-19)33-5/h7,11-12,14-17H,1,8-10,13H2,2-6H3/b21-14+,29-22-. The number of nitrogens with zero attached hydrogens (tertiary/aromatic N) is 2. The van der Waals surface area contributed by atoms with Crippen molar-refractivity contribution in [1.82, 2.24) is 0 Å². The Kier molecular flexibility index (Phi) is 10.5. The van der Waals surface area contributed by atoms with E-state index in [9.17, 15) is 5.26 Å². The molecule has 0 radical (unpaired) electrons. The summed E-state index contributed by atoms with van der Waals surface area (Å²) >= 11 is 0. The van der Waals surface area contributed by atoms with Gasteiger partial charge >= 0.3 is 0 Å². The molecule has 0 aliphatic heterocycles. The molecule has 7 nitrogen and oxygen atoms in total. The third-order valence-corrected chi connectivity index (χ3v) is 5.14. The molecule has 0 N–H and O–H groups in total. The highest BCUT2D eigenvalue weighted by molar-refractivity contribution is 6.34. The predicted octanol–water partition coefficient (Wildman–Crippen LogP) is 5.59. The van der Waals surface area contributed by atoms with E-state index in [0.717, 1.165) is 30.4 Å². The summed E-state index contributed by atoms with van der Waals surface area (Å²) in [6, 6.07) is 11.4. The van der Waals surface area contributed by atoms with Crippen molar-refractivity contribution in [1.29, 1.82) is 5.26 Å². The van der Waals surface area contributed by atoms with E-state index >= 15 is 0 Å². The Morgan fingerprint density at radius 2 is 1.53 bits per heavy atom. The van der Waals surface area contributed by atoms with Crippen LogP contribution in [0.2, 0.25) is 0 Å². The molecule has 34 heavy (non-hydrogen) atoms. The number of aliphatic imine (C=N–C) groups is 1. The zero-order valence-corrected chi connectivity index (χ0v) is 20.5. The molecule has 180 valence electrons. The molecule has 0 aliphatic carbocycles. The van der Waals surface area contributed by atoms with Crippen molar-refractivity contribution in [2.45, 2.75) is 19.3 Å². The Bertz CT molecular complexity index is 1060. The lowest BCUT2D eigenvalue weighted by Crippen LogP contribution is -2.03. The zero-order chi connectivity index (χ0) is 24.9. The van der Waals surface area contributed by atoms with E-state index in [1.54, 1.807) is 41.6 Å². The van der Waals surface area contributed by atoms with Crippen LogP contribution in [0.3, 0.4) is 0 Å². The summed E-state index contributed by atoms with van der Waals surface area (Å²) in [6.45, 7) is 4.28. The van der Waals surface area contributed by atoms with Crippen molar-refractivity contribution < 1.29 is 23.7 Å². The van der Waals surface area contributed by atoms with Crippen molar-refractivity contribution in [2.75, 3.05) is 42.1 Å². The highest BCUT2D eigenvalue weighted by Crippen LogP contribution is 2.39. The van der Waals surface area contributed by atoms with Crippen molar-refractivity contribution in [3.05, 3.63) is 54.1 Å². The van der Waals surface area contributed by atoms with Gasteiger partial charge in [0.2, 0.25) is 5.75 Å². The molecule has 0 fully saturated rings. The molecule has 0 spiro atoms. The van der Waals surface area contributed by atoms with E-state index in [2.05, 4.69) is 17.6 Å². The predicted molar refractivity (Wildman–Crippen MR) is 135 cm³/mol. The first kappa shape index (κ1) is 26.3. The molecule has 2 rings (SSSR count). The number of rotatable bonds is 13. The third kappa shape index (κ3) is 6.55. The van der Waals surface area contributed by atoms with Crippen molar-refractivity contribution in [3.8, 4) is 34.8 Å². The molecule has 2 aromatic rings. The third-order valence-electron chi connectivity index (χ3n) is 5.14. The van der Waals surface area contributed by atoms with Gasteiger partial charge in [0.15, 0.2) is 23.0 Å². The molecule has 0 saturated carbocycles. The molecule has 0 atom stereocenters. The lowest BCUT2D eigenvalue weighted by molar-refractivity contribution is 0.324. The van der Waals surface area contributed by atoms with E-state index < -0.39 is 0 Å². The first-order valence-electron chi connectivity index (χ1n) is 10.9. The molecule has 0 aliphatic rings. The minimum Gasteiger partial charge on any atom is -0.493 e. The lowest BCUT2D eigenvalue weighted by atomic mass is 9.97. The Hall–Kier alpha value is -3.92. The highest BCUT2D eigenvalue weighted by Gasteiger charge is 2.16. The Balaban J connectivity index is 2.66. The largest absolute Gasteiger partial charge is 0.493 e. The van der Waals surface area contributed by atoms with Gasteiger partial charge in [-0.3, -0.25) is 4.99 Å². The lowest BCUT2D eigenvalue weighted by Gasteiger charge is -2.14. The van der Waals surface area contributed by atoms with Gasteiger partial charge in [0.05, 0.1) is 35.5 Å². The maximum absolute atomic E-state index is 9.99. The fourth-order valence-electron chi connectivity index (χ4n) is 3.42. The number of unbranched alkanes of at least 4 members (excludes halogenated alkanes) is 2. The average Bonchev–Trinajstić information content (AvgIpc) is 2.88. The minimum atomic E-state index is 0.319. The van der Waals surface area contributed by atoms with Crippen LogP contribution in [-0.2, 0) is 0 Å². The van der Waals surface area contributed by atoms with Crippen LogP contribution < -0.4 is 23.7 Å². The minimum absolute atomic E-state index is 0.319. The van der Waals surface area contributed by atoms with Gasteiger partial charge in [-0.1, -0.05) is 12.1 Å². The van der Waals surface area contributed by atoms with Crippen molar-refractivity contribution in [2.24, 2.45) is 4.99 Å². The fraction of sp³-hybridized carbons (Fsp3) is 0.333. The molecule has 0 saturated heterocycles. The second-order valence-electron chi connectivity index (χ2n) is 7.21. The van der Waals surface area contributed by atoms with E-state index in [0.29, 0.717) is 46.6 Å². The molecule has 0 heterocycles. The SMILES string of the molecule is C=CCCCC/N=C(C#N)\C(=C\c1cc(OC)c(OC)c(OC)c1)c1ccc(OC)c(OC)c1. The topological polar surface area (TPSA) is 82.3 Å². The number of allylic oxidation sites excluding steroid dienone is 2. The van der Waals surface area contributed by atoms with Gasteiger partial charge in [0, 0.05) is 12.1 Å². The van der Waals surface area contributed by atoms with E-state index in [4.69, 9.17) is 23.7 Å². The van der Waals surface area contributed by atoms with Gasteiger partial charge in [0.25, 0.3) is 0 Å². The van der Waals surface area contributed by atoms with Crippen LogP contribution in [-0.4, -0.2) is 47.8 Å². The average molecular weight is 465 g/mol. The van der Waals surface area contributed by atoms with Crippen LogP contribution >= 0.6 is 0 Å². The van der Waals surface area contributed by atoms with Gasteiger partial charge < -0.3 is 23.7 Å². The molecule has 7 heteroatoms. The number of hydrogen-bond donors (Lipinski definition) is 0. The Labute approximate surface area is 201 Å². The maximum atomic E-state index is 9.99. The summed E-state index contributed by atoms with van der Waals surface area (Å²) in [5.74, 6) is 2.67. The van der Waals surface area contributed by atoms with E-state index in [1.165, 1.54) is 0 Å². The summed E-state index contributed by atoms with van der Waals surface area (Å²) < 4.78 is 27.3. The molecule has 2 aromatic carbocycles. The molecule has 0 aromatic heterocycles. The maximum Gasteiger partial charge on any atom is 0.203 e. The second-order valence-corrected chi connectivity index (χ2v) is 7.21. The summed E-state index contributed by atoms with van der Waals surface area (Å²) in [5.41, 5.74) is 2.48. The zero-order valence-electron chi connectivity index (χ0n) is 20.5. The summed E-state index contributed by atoms with van der Waals surface area (Å²) in [6.07, 6.45) is 6.50. The van der Waals surface area contributed by atoms with E-state index in [1.807, 2.05) is 36.4 Å². The van der Waals surface area contributed by atoms with Gasteiger partial charge in [0.1, 0.15) is 11.8 Å². The first-order valence-corrected chi connectivity index (χ1v) is 10.9. The Morgan fingerprint density at radius 1 is 0.882 bits per heavy atom.